The van der Waals surface area contributed by atoms with Crippen LogP contribution >= 0.6 is 22.7 Å². The van der Waals surface area contributed by atoms with E-state index in [9.17, 15) is 0 Å². The van der Waals surface area contributed by atoms with Gasteiger partial charge < -0.3 is 9.80 Å². The minimum absolute atomic E-state index is 0.116. The highest BCUT2D eigenvalue weighted by molar-refractivity contribution is 7.40. The van der Waals surface area contributed by atoms with Gasteiger partial charge in [-0.1, -0.05) is 149 Å². The summed E-state index contributed by atoms with van der Waals surface area (Å²) in [6.07, 6.45) is 6.64. The lowest BCUT2D eigenvalue weighted by Gasteiger charge is -2.42. The van der Waals surface area contributed by atoms with Crippen LogP contribution in [0.15, 0.2) is 170 Å². The van der Waals surface area contributed by atoms with Gasteiger partial charge in [0.15, 0.2) is 0 Å². The Morgan fingerprint density at radius 2 is 0.848 bits per heavy atom. The Labute approximate surface area is 395 Å². The molecule has 2 aliphatic rings. The maximum atomic E-state index is 2.62. The smallest absolute Gasteiger partial charge is 0.277 e. The van der Waals surface area contributed by atoms with Crippen molar-refractivity contribution in [3.8, 4) is 11.1 Å². The molecule has 0 bridgehead atoms. The first-order chi connectivity index (χ1) is 32.6. The van der Waals surface area contributed by atoms with Crippen LogP contribution in [0, 0.1) is 0 Å². The van der Waals surface area contributed by atoms with E-state index in [1.165, 1.54) is 129 Å². The number of hydrogen-bond acceptors (Lipinski definition) is 4. The summed E-state index contributed by atoms with van der Waals surface area (Å²) in [5.41, 5.74) is 15.7. The van der Waals surface area contributed by atoms with Crippen LogP contribution in [0.1, 0.15) is 56.7 Å². The molecule has 9 aromatic carbocycles. The topological polar surface area (TPSA) is 6.48 Å². The Morgan fingerprint density at radius 3 is 1.38 bits per heavy atom. The number of anilines is 6. The van der Waals surface area contributed by atoms with E-state index in [1.54, 1.807) is 0 Å². The van der Waals surface area contributed by atoms with Crippen molar-refractivity contribution in [1.29, 1.82) is 0 Å². The summed E-state index contributed by atoms with van der Waals surface area (Å²) >= 11 is 4.01. The molecule has 66 heavy (non-hydrogen) atoms. The van der Waals surface area contributed by atoms with Gasteiger partial charge in [-0.15, -0.1) is 22.7 Å². The highest BCUT2D eigenvalue weighted by Crippen LogP contribution is 2.51. The minimum atomic E-state index is 0.116. The molecular weight excluding hydrogens is 836 g/mol. The van der Waals surface area contributed by atoms with Crippen LogP contribution in [0.3, 0.4) is 0 Å². The second-order valence-corrected chi connectivity index (χ2v) is 20.6. The second kappa shape index (κ2) is 15.8. The van der Waals surface area contributed by atoms with Crippen molar-refractivity contribution in [3.05, 3.63) is 187 Å². The van der Waals surface area contributed by atoms with Crippen LogP contribution in [0.4, 0.5) is 34.1 Å². The molecule has 0 spiro atoms. The zero-order chi connectivity index (χ0) is 44.0. The molecule has 0 atom stereocenters. The van der Waals surface area contributed by atoms with E-state index in [-0.39, 0.29) is 6.71 Å². The average Bonchev–Trinajstić information content (AvgIpc) is 3.93. The van der Waals surface area contributed by atoms with Crippen LogP contribution in [-0.2, 0) is 19.3 Å². The summed E-state index contributed by atoms with van der Waals surface area (Å²) in [4.78, 5) is 5.23. The number of nitrogens with zero attached hydrogens (tertiary/aromatic N) is 2. The largest absolute Gasteiger partial charge is 0.310 e. The SMILES string of the molecule is CCCc1ccc(N2c3cccc4c3B(c3sc5ccc(CCC)cc5c32)c2sc3ccc(CCC)cc3c2N4c2ccc(-c3cccc4c5ccccc5c5ccccc5c34)cc2)cc1. The zero-order valence-electron chi connectivity index (χ0n) is 37.7. The van der Waals surface area contributed by atoms with Crippen LogP contribution in [0.2, 0.25) is 0 Å². The second-order valence-electron chi connectivity index (χ2n) is 18.4. The Balaban J connectivity index is 1.05. The Bertz CT molecular complexity index is 3670. The molecule has 0 aliphatic carbocycles. The van der Waals surface area contributed by atoms with Gasteiger partial charge in [-0.3, -0.25) is 0 Å². The third-order valence-corrected chi connectivity index (χ3v) is 16.8. The van der Waals surface area contributed by atoms with E-state index < -0.39 is 0 Å². The van der Waals surface area contributed by atoms with E-state index in [0.717, 1.165) is 38.5 Å². The fourth-order valence-electron chi connectivity index (χ4n) is 11.5. The summed E-state index contributed by atoms with van der Waals surface area (Å²) in [5, 5.41) is 10.5. The molecule has 0 amide bonds. The van der Waals surface area contributed by atoms with E-state index in [0.29, 0.717) is 0 Å². The fourth-order valence-corrected chi connectivity index (χ4v) is 14.2. The maximum absolute atomic E-state index is 2.62. The lowest BCUT2D eigenvalue weighted by Crippen LogP contribution is -2.59. The van der Waals surface area contributed by atoms with Crippen molar-refractivity contribution in [1.82, 2.24) is 0 Å². The van der Waals surface area contributed by atoms with Gasteiger partial charge >= 0.3 is 0 Å². The Morgan fingerprint density at radius 1 is 0.409 bits per heavy atom. The third kappa shape index (κ3) is 5.99. The van der Waals surface area contributed by atoms with E-state index in [1.807, 2.05) is 22.7 Å². The molecule has 0 saturated carbocycles. The Kier molecular flexibility index (Phi) is 9.48. The van der Waals surface area contributed by atoms with Crippen LogP contribution < -0.4 is 24.8 Å². The number of rotatable bonds is 9. The highest BCUT2D eigenvalue weighted by Gasteiger charge is 2.46. The van der Waals surface area contributed by atoms with Crippen molar-refractivity contribution in [2.45, 2.75) is 59.3 Å². The highest BCUT2D eigenvalue weighted by atomic mass is 32.1. The zero-order valence-corrected chi connectivity index (χ0v) is 39.3. The normalized spacial score (nSPS) is 13.0. The summed E-state index contributed by atoms with van der Waals surface area (Å²) in [5.74, 6) is 0. The molecule has 0 N–H and O–H groups in total. The van der Waals surface area contributed by atoms with Crippen molar-refractivity contribution in [2.24, 2.45) is 0 Å². The molecule has 0 fully saturated rings. The molecule has 2 nitrogen and oxygen atoms in total. The van der Waals surface area contributed by atoms with Crippen molar-refractivity contribution >= 4 is 131 Å². The van der Waals surface area contributed by atoms with Crippen molar-refractivity contribution in [2.75, 3.05) is 9.80 Å². The van der Waals surface area contributed by atoms with Gasteiger partial charge in [-0.25, -0.2) is 0 Å². The molecular formula is C61H49BN2S2. The fraction of sp³-hybridized carbons (Fsp3) is 0.148. The lowest BCUT2D eigenvalue weighted by molar-refractivity contribution is 0.922. The van der Waals surface area contributed by atoms with Crippen LogP contribution in [-0.4, -0.2) is 6.71 Å². The van der Waals surface area contributed by atoms with Crippen molar-refractivity contribution < 1.29 is 0 Å². The number of thiophene rings is 2. The van der Waals surface area contributed by atoms with Gasteiger partial charge in [0.2, 0.25) is 0 Å². The summed E-state index contributed by atoms with van der Waals surface area (Å²) in [7, 11) is 0. The van der Waals surface area contributed by atoms with Crippen molar-refractivity contribution in [3.63, 3.8) is 0 Å². The standard InChI is InChI=1S/C61H49BN2S2/c1-4-13-38-24-30-42(31-25-38)63-52-22-12-23-53-57(52)62(60-58(63)50-36-39(14-5-2)26-34-54(50)65-60)61-59(51-37-40(15-6-3)27-35-55(51)66-61)64(53)43-32-28-41(29-33-43)44-20-11-21-49-47-17-8-7-16-45(47)46-18-9-10-19-48(46)56(44)49/h7-12,16-37H,4-6,13-15H2,1-3H3. The van der Waals surface area contributed by atoms with Gasteiger partial charge in [0.1, 0.15) is 0 Å². The average molecular weight is 885 g/mol. The van der Waals surface area contributed by atoms with E-state index in [2.05, 4.69) is 200 Å². The maximum Gasteiger partial charge on any atom is 0.277 e. The van der Waals surface area contributed by atoms with Gasteiger partial charge in [-0.2, -0.15) is 0 Å². The molecule has 0 unspecified atom stereocenters. The predicted molar refractivity (Wildman–Crippen MR) is 291 cm³/mol. The van der Waals surface area contributed by atoms with E-state index in [4.69, 9.17) is 0 Å². The lowest BCUT2D eigenvalue weighted by atomic mass is 9.39. The number of hydrogen-bond donors (Lipinski definition) is 0. The molecule has 11 aromatic rings. The molecule has 4 heterocycles. The number of aryl methyl sites for hydroxylation is 3. The van der Waals surface area contributed by atoms with Gasteiger partial charge in [0.05, 0.1) is 11.4 Å². The van der Waals surface area contributed by atoms with Gasteiger partial charge in [-0.05, 0) is 146 Å². The van der Waals surface area contributed by atoms with Crippen LogP contribution in [0.25, 0.3) is 63.6 Å². The Hall–Kier alpha value is -6.66. The van der Waals surface area contributed by atoms with Gasteiger partial charge in [0, 0.05) is 52.5 Å². The molecule has 5 heteroatoms. The predicted octanol–water partition coefficient (Wildman–Crippen LogP) is 16.2. The molecule has 2 aliphatic heterocycles. The summed E-state index contributed by atoms with van der Waals surface area (Å²) in [6.45, 7) is 6.97. The molecule has 2 aromatic heterocycles. The number of benzene rings is 9. The van der Waals surface area contributed by atoms with Gasteiger partial charge in [0.25, 0.3) is 6.71 Å². The summed E-state index contributed by atoms with van der Waals surface area (Å²) in [6, 6.07) is 65.3. The first kappa shape index (κ1) is 39.7. The minimum Gasteiger partial charge on any atom is -0.310 e. The molecule has 0 saturated heterocycles. The third-order valence-electron chi connectivity index (χ3n) is 14.3. The monoisotopic (exact) mass is 884 g/mol. The molecule has 318 valence electrons. The number of fused-ring (bicyclic) bond motifs is 14. The van der Waals surface area contributed by atoms with Crippen LogP contribution in [0.5, 0.6) is 0 Å². The molecule has 13 rings (SSSR count). The quantitative estimate of drug-likeness (QED) is 0.105. The first-order valence-corrected chi connectivity index (χ1v) is 25.6. The summed E-state index contributed by atoms with van der Waals surface area (Å²) < 4.78 is 5.60. The first-order valence-electron chi connectivity index (χ1n) is 24.0. The van der Waals surface area contributed by atoms with E-state index >= 15 is 0 Å². The molecule has 0 radical (unpaired) electrons.